The van der Waals surface area contributed by atoms with Crippen LogP contribution in [-0.4, -0.2) is 43.1 Å². The molecule has 1 aromatic carbocycles. The zero-order chi connectivity index (χ0) is 27.4. The van der Waals surface area contributed by atoms with Crippen LogP contribution in [0.1, 0.15) is 43.7 Å². The minimum absolute atomic E-state index is 0.0499. The molecule has 0 amide bonds. The van der Waals surface area contributed by atoms with Gasteiger partial charge in [-0.25, -0.2) is 9.97 Å². The lowest BCUT2D eigenvalue weighted by Gasteiger charge is -2.19. The molecule has 0 aliphatic heterocycles. The average molecular weight is 537 g/mol. The van der Waals surface area contributed by atoms with Gasteiger partial charge in [-0.15, -0.1) is 0 Å². The van der Waals surface area contributed by atoms with E-state index in [1.807, 2.05) is 13.8 Å². The van der Waals surface area contributed by atoms with Gasteiger partial charge >= 0.3 is 12.1 Å². The number of rotatable bonds is 10. The van der Waals surface area contributed by atoms with Gasteiger partial charge in [-0.2, -0.15) is 21.6 Å². The molecule has 0 aliphatic carbocycles. The van der Waals surface area contributed by atoms with Crippen molar-refractivity contribution in [1.29, 1.82) is 0 Å². The molecule has 0 radical (unpaired) electrons. The Morgan fingerprint density at radius 3 is 2.41 bits per heavy atom. The summed E-state index contributed by atoms with van der Waals surface area (Å²) in [5.74, 6) is -1.04. The summed E-state index contributed by atoms with van der Waals surface area (Å²) in [6.07, 6.45) is -4.42. The van der Waals surface area contributed by atoms with E-state index in [4.69, 9.17) is 5.11 Å². The van der Waals surface area contributed by atoms with E-state index in [0.29, 0.717) is 24.3 Å². The summed E-state index contributed by atoms with van der Waals surface area (Å²) >= 11 is 0. The van der Waals surface area contributed by atoms with Crippen LogP contribution in [0, 0.1) is 0 Å². The lowest BCUT2D eigenvalue weighted by molar-refractivity contribution is -0.138. The first-order valence-electron chi connectivity index (χ1n) is 11.4. The Morgan fingerprint density at radius 2 is 1.76 bits per heavy atom. The highest BCUT2D eigenvalue weighted by Gasteiger charge is 2.35. The van der Waals surface area contributed by atoms with Gasteiger partial charge in [-0.1, -0.05) is 44.2 Å². The van der Waals surface area contributed by atoms with Crippen LogP contribution >= 0.6 is 0 Å². The molecule has 0 atom stereocenters. The average Bonchev–Trinajstić information content (AvgIpc) is 2.83. The highest BCUT2D eigenvalue weighted by molar-refractivity contribution is 7.92. The number of carboxylic acids is 1. The Balaban J connectivity index is 1.96. The fraction of sp³-hybridized carbons (Fsp3) is 0.320. The monoisotopic (exact) mass is 536 g/mol. The van der Waals surface area contributed by atoms with Gasteiger partial charge in [0.05, 0.1) is 11.3 Å². The summed E-state index contributed by atoms with van der Waals surface area (Å²) in [5.41, 5.74) is -0.460. The number of hydrogen-bond donors (Lipinski definition) is 2. The van der Waals surface area contributed by atoms with Crippen molar-refractivity contribution in [1.82, 2.24) is 9.97 Å². The van der Waals surface area contributed by atoms with Gasteiger partial charge in [0.25, 0.3) is 10.0 Å². The van der Waals surface area contributed by atoms with Crippen molar-refractivity contribution >= 4 is 27.6 Å². The van der Waals surface area contributed by atoms with Gasteiger partial charge < -0.3 is 10.0 Å². The fourth-order valence-electron chi connectivity index (χ4n) is 3.70. The largest absolute Gasteiger partial charge is 0.481 e. The van der Waals surface area contributed by atoms with E-state index in [0.717, 1.165) is 12.1 Å². The topological polar surface area (TPSA) is 112 Å². The molecule has 2 aromatic heterocycles. The van der Waals surface area contributed by atoms with Gasteiger partial charge in [0.1, 0.15) is 11.6 Å². The van der Waals surface area contributed by atoms with E-state index in [1.54, 1.807) is 36.2 Å². The highest BCUT2D eigenvalue weighted by Crippen LogP contribution is 2.39. The normalized spacial score (nSPS) is 12.0. The molecule has 3 rings (SSSR count). The molecule has 3 aromatic rings. The quantitative estimate of drug-likeness (QED) is 0.357. The second-order valence-electron chi connectivity index (χ2n) is 8.69. The summed E-state index contributed by atoms with van der Waals surface area (Å²) in [7, 11) is -2.66. The molecule has 0 fully saturated rings. The number of carboxylic acid groups (broad SMARTS) is 1. The number of halogens is 3. The number of sulfonamides is 1. The molecule has 0 saturated heterocycles. The third kappa shape index (κ3) is 6.97. The SMILES string of the molecule is CC(C)c1ccccc1-c1nc(NS(=O)(=O)c2cccc(N(C)CCCC(=O)O)n2)ccc1C(F)(F)F. The third-order valence-corrected chi connectivity index (χ3v) is 6.79. The molecule has 2 N–H and O–H groups in total. The van der Waals surface area contributed by atoms with Gasteiger partial charge in [-0.3, -0.25) is 9.52 Å². The van der Waals surface area contributed by atoms with Gasteiger partial charge in [0.15, 0.2) is 5.03 Å². The maximum atomic E-state index is 13.8. The molecular formula is C25H27F3N4O4S. The lowest BCUT2D eigenvalue weighted by atomic mass is 9.93. The van der Waals surface area contributed by atoms with E-state index in [9.17, 15) is 26.4 Å². The van der Waals surface area contributed by atoms with E-state index >= 15 is 0 Å². The third-order valence-electron chi connectivity index (χ3n) is 5.54. The number of pyridine rings is 2. The molecule has 8 nitrogen and oxygen atoms in total. The Bertz CT molecular complexity index is 1380. The smallest absolute Gasteiger partial charge is 0.418 e. The van der Waals surface area contributed by atoms with Crippen LogP contribution in [0.15, 0.2) is 59.6 Å². The summed E-state index contributed by atoms with van der Waals surface area (Å²) in [4.78, 5) is 20.5. The van der Waals surface area contributed by atoms with Crippen LogP contribution in [-0.2, 0) is 21.0 Å². The number of aliphatic carboxylic acids is 1. The maximum Gasteiger partial charge on any atom is 0.418 e. The van der Waals surface area contributed by atoms with Crippen molar-refractivity contribution in [3.05, 3.63) is 65.7 Å². The van der Waals surface area contributed by atoms with Crippen LogP contribution in [0.2, 0.25) is 0 Å². The lowest BCUT2D eigenvalue weighted by Crippen LogP contribution is -2.22. The van der Waals surface area contributed by atoms with Crippen molar-refractivity contribution < 1.29 is 31.5 Å². The minimum atomic E-state index is -4.70. The molecule has 12 heteroatoms. The van der Waals surface area contributed by atoms with Crippen LogP contribution in [0.4, 0.5) is 24.8 Å². The Kier molecular flexibility index (Phi) is 8.42. The van der Waals surface area contributed by atoms with Crippen molar-refractivity contribution in [3.63, 3.8) is 0 Å². The standard InChI is InChI=1S/C25H27F3N4O4S/c1-16(2)17-8-4-5-9-18(17)24-19(25(26,27)28)13-14-20(29-24)31-37(35,36)22-11-6-10-21(30-22)32(3)15-7-12-23(33)34/h4-6,8-11,13-14,16H,7,12,15H2,1-3H3,(H,29,31)(H,33,34). The van der Waals surface area contributed by atoms with Gasteiger partial charge in [0, 0.05) is 25.6 Å². The molecule has 0 aliphatic rings. The molecule has 198 valence electrons. The predicted octanol–water partition coefficient (Wildman–Crippen LogP) is 5.39. The first-order chi connectivity index (χ1) is 17.3. The maximum absolute atomic E-state index is 13.8. The van der Waals surface area contributed by atoms with E-state index in [-0.39, 0.29) is 34.4 Å². The zero-order valence-corrected chi connectivity index (χ0v) is 21.3. The number of alkyl halides is 3. The highest BCUT2D eigenvalue weighted by atomic mass is 32.2. The van der Waals surface area contributed by atoms with Crippen molar-refractivity contribution in [3.8, 4) is 11.3 Å². The summed E-state index contributed by atoms with van der Waals surface area (Å²) in [6, 6.07) is 12.6. The molecule has 0 saturated carbocycles. The zero-order valence-electron chi connectivity index (χ0n) is 20.5. The van der Waals surface area contributed by atoms with Crippen LogP contribution in [0.3, 0.4) is 0 Å². The molecule has 37 heavy (non-hydrogen) atoms. The number of nitrogens with zero attached hydrogens (tertiary/aromatic N) is 3. The number of anilines is 2. The molecule has 0 bridgehead atoms. The Morgan fingerprint density at radius 1 is 1.05 bits per heavy atom. The molecule has 0 spiro atoms. The van der Waals surface area contributed by atoms with Crippen LogP contribution < -0.4 is 9.62 Å². The number of aromatic nitrogens is 2. The summed E-state index contributed by atoms with van der Waals surface area (Å²) in [5, 5.41) is 8.43. The van der Waals surface area contributed by atoms with E-state index < -0.39 is 27.7 Å². The van der Waals surface area contributed by atoms with Crippen LogP contribution in [0.5, 0.6) is 0 Å². The number of carbonyl (C=O) groups is 1. The van der Waals surface area contributed by atoms with Gasteiger partial charge in [0.2, 0.25) is 0 Å². The summed E-state index contributed by atoms with van der Waals surface area (Å²) in [6.45, 7) is 4.02. The number of nitrogens with one attached hydrogen (secondary N) is 1. The Hall–Kier alpha value is -3.67. The molecule has 2 heterocycles. The van der Waals surface area contributed by atoms with E-state index in [2.05, 4.69) is 14.7 Å². The van der Waals surface area contributed by atoms with E-state index in [1.165, 1.54) is 18.2 Å². The Labute approximate surface area is 213 Å². The molecular weight excluding hydrogens is 509 g/mol. The predicted molar refractivity (Wildman–Crippen MR) is 134 cm³/mol. The van der Waals surface area contributed by atoms with Crippen molar-refractivity contribution in [2.45, 2.75) is 43.8 Å². The van der Waals surface area contributed by atoms with Crippen molar-refractivity contribution in [2.24, 2.45) is 0 Å². The number of hydrogen-bond acceptors (Lipinski definition) is 6. The first kappa shape index (κ1) is 27.9. The first-order valence-corrected chi connectivity index (χ1v) is 12.9. The number of benzene rings is 1. The molecule has 0 unspecified atom stereocenters. The fourth-order valence-corrected chi connectivity index (χ4v) is 4.67. The minimum Gasteiger partial charge on any atom is -0.481 e. The second-order valence-corrected chi connectivity index (χ2v) is 10.3. The summed E-state index contributed by atoms with van der Waals surface area (Å²) < 4.78 is 69.8. The second kappa shape index (κ2) is 11.2. The van der Waals surface area contributed by atoms with Gasteiger partial charge in [-0.05, 0) is 42.2 Å². The van der Waals surface area contributed by atoms with Crippen LogP contribution in [0.25, 0.3) is 11.3 Å². The van der Waals surface area contributed by atoms with Crippen molar-refractivity contribution in [2.75, 3.05) is 23.2 Å².